The van der Waals surface area contributed by atoms with Gasteiger partial charge in [-0.25, -0.2) is 0 Å². The molecule has 0 radical (unpaired) electrons. The maximum absolute atomic E-state index is 13.7. The molecule has 0 spiro atoms. The molecule has 9 heteroatoms. The summed E-state index contributed by atoms with van der Waals surface area (Å²) in [5.41, 5.74) is -1.88. The average Bonchev–Trinajstić information content (AvgIpc) is 2.76. The van der Waals surface area contributed by atoms with Gasteiger partial charge in [0.05, 0.1) is 17.0 Å². The number of ether oxygens (including phenoxy) is 1. The van der Waals surface area contributed by atoms with Gasteiger partial charge in [0, 0.05) is 0 Å². The molecule has 1 unspecified atom stereocenters. The van der Waals surface area contributed by atoms with E-state index in [1.54, 1.807) is 13.8 Å². The Labute approximate surface area is 198 Å². The Hall–Kier alpha value is -3.49. The van der Waals surface area contributed by atoms with Gasteiger partial charge in [-0.15, -0.1) is 0 Å². The number of hydrogen-bond acceptors (Lipinski definition) is 2. The summed E-state index contributed by atoms with van der Waals surface area (Å²) in [6.45, 7) is 3.61. The van der Waals surface area contributed by atoms with Crippen molar-refractivity contribution in [3.63, 3.8) is 0 Å². The van der Waals surface area contributed by atoms with Crippen LogP contribution in [0.3, 0.4) is 0 Å². The standard InChI is InChI=1S/C26H22F6O3/c1-15(2)10-22(24(33)34)17-11-16(21-8-3-4-9-23(21)26(30,31)32)12-20(13-17)35-19-7-5-6-18(14-19)25(27,28)29/h3-9,11-15,22H,10H2,1-2H3,(H,33,34). The number of carbonyl (C=O) groups is 1. The van der Waals surface area contributed by atoms with E-state index in [2.05, 4.69) is 0 Å². The highest BCUT2D eigenvalue weighted by molar-refractivity contribution is 5.78. The zero-order chi connectivity index (χ0) is 26.0. The minimum absolute atomic E-state index is 0.0346. The smallest absolute Gasteiger partial charge is 0.417 e. The zero-order valence-corrected chi connectivity index (χ0v) is 18.7. The number of halogens is 6. The average molecular weight is 496 g/mol. The second kappa shape index (κ2) is 10.0. The van der Waals surface area contributed by atoms with Gasteiger partial charge in [0.1, 0.15) is 11.5 Å². The van der Waals surface area contributed by atoms with E-state index >= 15 is 0 Å². The molecule has 0 aliphatic carbocycles. The topological polar surface area (TPSA) is 46.5 Å². The molecule has 0 aromatic heterocycles. The van der Waals surface area contributed by atoms with Crippen LogP contribution < -0.4 is 4.74 Å². The van der Waals surface area contributed by atoms with Crippen LogP contribution in [0.4, 0.5) is 26.3 Å². The lowest BCUT2D eigenvalue weighted by molar-refractivity contribution is -0.139. The number of carboxylic acids is 1. The van der Waals surface area contributed by atoms with E-state index < -0.39 is 35.4 Å². The fourth-order valence-electron chi connectivity index (χ4n) is 3.74. The third kappa shape index (κ3) is 6.55. The number of alkyl halides is 6. The molecule has 1 atom stereocenters. The Morgan fingerprint density at radius 1 is 0.857 bits per heavy atom. The Bertz CT molecular complexity index is 1200. The molecular formula is C26H22F6O3. The van der Waals surface area contributed by atoms with Gasteiger partial charge < -0.3 is 9.84 Å². The third-order valence-electron chi connectivity index (χ3n) is 5.28. The van der Waals surface area contributed by atoms with Crippen LogP contribution in [0.25, 0.3) is 11.1 Å². The van der Waals surface area contributed by atoms with E-state index in [9.17, 15) is 36.2 Å². The Morgan fingerprint density at radius 3 is 2.14 bits per heavy atom. The highest BCUT2D eigenvalue weighted by Gasteiger charge is 2.34. The van der Waals surface area contributed by atoms with Gasteiger partial charge in [-0.2, -0.15) is 26.3 Å². The Morgan fingerprint density at radius 2 is 1.54 bits per heavy atom. The first-order valence-corrected chi connectivity index (χ1v) is 10.6. The van der Waals surface area contributed by atoms with E-state index in [1.165, 1.54) is 42.5 Å². The van der Waals surface area contributed by atoms with Gasteiger partial charge in [0.25, 0.3) is 0 Å². The van der Waals surface area contributed by atoms with E-state index in [-0.39, 0.29) is 40.5 Å². The van der Waals surface area contributed by atoms with Crippen molar-refractivity contribution in [2.75, 3.05) is 0 Å². The summed E-state index contributed by atoms with van der Waals surface area (Å²) < 4.78 is 85.9. The second-order valence-corrected chi connectivity index (χ2v) is 8.48. The zero-order valence-electron chi connectivity index (χ0n) is 18.7. The lowest BCUT2D eigenvalue weighted by atomic mass is 9.87. The highest BCUT2D eigenvalue weighted by atomic mass is 19.4. The van der Waals surface area contributed by atoms with Gasteiger partial charge >= 0.3 is 18.3 Å². The maximum atomic E-state index is 13.7. The van der Waals surface area contributed by atoms with Crippen molar-refractivity contribution in [2.24, 2.45) is 5.92 Å². The molecule has 0 fully saturated rings. The summed E-state index contributed by atoms with van der Waals surface area (Å²) in [7, 11) is 0. The van der Waals surface area contributed by atoms with Gasteiger partial charge in [-0.05, 0) is 65.4 Å². The molecule has 0 saturated carbocycles. The van der Waals surface area contributed by atoms with Gasteiger partial charge in [0.15, 0.2) is 0 Å². The number of rotatable bonds is 7. The van der Waals surface area contributed by atoms with Crippen molar-refractivity contribution >= 4 is 5.97 Å². The Kier molecular flexibility index (Phi) is 7.47. The van der Waals surface area contributed by atoms with Crippen LogP contribution in [0.2, 0.25) is 0 Å². The minimum Gasteiger partial charge on any atom is -0.481 e. The van der Waals surface area contributed by atoms with Gasteiger partial charge in [0.2, 0.25) is 0 Å². The summed E-state index contributed by atoms with van der Waals surface area (Å²) in [6.07, 6.45) is -9.11. The van der Waals surface area contributed by atoms with E-state index in [0.29, 0.717) is 0 Å². The van der Waals surface area contributed by atoms with Gasteiger partial charge in [-0.1, -0.05) is 44.2 Å². The summed E-state index contributed by atoms with van der Waals surface area (Å²) >= 11 is 0. The second-order valence-electron chi connectivity index (χ2n) is 8.48. The number of hydrogen-bond donors (Lipinski definition) is 1. The molecule has 0 aliphatic heterocycles. The lowest BCUT2D eigenvalue weighted by Gasteiger charge is -2.19. The van der Waals surface area contributed by atoms with E-state index in [1.807, 2.05) is 0 Å². The first-order chi connectivity index (χ1) is 16.3. The molecule has 0 heterocycles. The maximum Gasteiger partial charge on any atom is 0.417 e. The summed E-state index contributed by atoms with van der Waals surface area (Å²) in [4.78, 5) is 12.0. The van der Waals surface area contributed by atoms with Crippen LogP contribution in [-0.4, -0.2) is 11.1 Å². The quantitative estimate of drug-likeness (QED) is 0.334. The molecule has 0 saturated heterocycles. The summed E-state index contributed by atoms with van der Waals surface area (Å²) in [6, 6.07) is 12.8. The SMILES string of the molecule is CC(C)CC(C(=O)O)c1cc(Oc2cccc(C(F)(F)F)c2)cc(-c2ccccc2C(F)(F)F)c1. The first kappa shape index (κ1) is 26.1. The molecule has 3 aromatic rings. The van der Waals surface area contributed by atoms with Crippen LogP contribution in [0.15, 0.2) is 66.7 Å². The predicted octanol–water partition coefficient (Wildman–Crippen LogP) is 8.40. The number of benzene rings is 3. The largest absolute Gasteiger partial charge is 0.481 e. The highest BCUT2D eigenvalue weighted by Crippen LogP contribution is 2.41. The molecule has 35 heavy (non-hydrogen) atoms. The van der Waals surface area contributed by atoms with Crippen molar-refractivity contribution in [1.82, 2.24) is 0 Å². The van der Waals surface area contributed by atoms with Crippen molar-refractivity contribution in [3.05, 3.63) is 83.4 Å². The molecule has 3 nitrogen and oxygen atoms in total. The lowest BCUT2D eigenvalue weighted by Crippen LogP contribution is -2.14. The van der Waals surface area contributed by atoms with Crippen molar-refractivity contribution in [1.29, 1.82) is 0 Å². The van der Waals surface area contributed by atoms with Crippen molar-refractivity contribution in [3.8, 4) is 22.6 Å². The third-order valence-corrected chi connectivity index (χ3v) is 5.28. The normalized spacial score (nSPS) is 13.1. The molecule has 3 aromatic carbocycles. The fraction of sp³-hybridized carbons (Fsp3) is 0.269. The fourth-order valence-corrected chi connectivity index (χ4v) is 3.74. The molecule has 0 amide bonds. The van der Waals surface area contributed by atoms with E-state index in [4.69, 9.17) is 4.74 Å². The van der Waals surface area contributed by atoms with Gasteiger partial charge in [-0.3, -0.25) is 4.79 Å². The van der Waals surface area contributed by atoms with Crippen LogP contribution in [0.5, 0.6) is 11.5 Å². The van der Waals surface area contributed by atoms with Crippen LogP contribution >= 0.6 is 0 Å². The Balaban J connectivity index is 2.18. The predicted molar refractivity (Wildman–Crippen MR) is 118 cm³/mol. The molecular weight excluding hydrogens is 474 g/mol. The van der Waals surface area contributed by atoms with E-state index in [0.717, 1.165) is 24.3 Å². The first-order valence-electron chi connectivity index (χ1n) is 10.6. The van der Waals surface area contributed by atoms with Crippen LogP contribution in [-0.2, 0) is 17.1 Å². The molecule has 0 bridgehead atoms. The van der Waals surface area contributed by atoms with Crippen LogP contribution in [0, 0.1) is 5.92 Å². The molecule has 186 valence electrons. The number of aliphatic carboxylic acids is 1. The molecule has 3 rings (SSSR count). The van der Waals surface area contributed by atoms with Crippen molar-refractivity contribution < 1.29 is 41.0 Å². The molecule has 1 N–H and O–H groups in total. The summed E-state index contributed by atoms with van der Waals surface area (Å²) in [5, 5.41) is 9.78. The monoisotopic (exact) mass is 496 g/mol. The van der Waals surface area contributed by atoms with Crippen LogP contribution in [0.1, 0.15) is 42.9 Å². The summed E-state index contributed by atoms with van der Waals surface area (Å²) in [5.74, 6) is -2.55. The molecule has 0 aliphatic rings. The minimum atomic E-state index is -4.68. The number of carboxylic acid groups (broad SMARTS) is 1. The van der Waals surface area contributed by atoms with Crippen molar-refractivity contribution in [2.45, 2.75) is 38.5 Å².